The smallest absolute Gasteiger partial charge is 0.162 e. The van der Waals surface area contributed by atoms with E-state index >= 15 is 0 Å². The summed E-state index contributed by atoms with van der Waals surface area (Å²) in [5.74, 6) is 1.51. The molecule has 1 saturated heterocycles. The average molecular weight is 594 g/mol. The lowest BCUT2D eigenvalue weighted by Crippen LogP contribution is -2.37. The summed E-state index contributed by atoms with van der Waals surface area (Å²) in [5, 5.41) is 4.48. The fourth-order valence-corrected chi connectivity index (χ4v) is 4.74. The number of ether oxygens (including phenoxy) is 3. The standard InChI is InChI=1S/C31H33ClFN5O4/c1-21(37-42-19-23-4-7-24(33)16-27(23)32)22-5-8-25(9-6-22)36-31-26-17-30(29(39-2)18-28(26)34-20-35-31)41-13-3-10-38-11-14-40-15-12-38/h4-9,16-18,20,37H,1,3,10-15,19H2,2H3,(H,34,35,36). The average Bonchev–Trinajstić information content (AvgIpc) is 3.01. The summed E-state index contributed by atoms with van der Waals surface area (Å²) in [6.07, 6.45) is 2.41. The fourth-order valence-electron chi connectivity index (χ4n) is 4.52. The van der Waals surface area contributed by atoms with Gasteiger partial charge in [-0.05, 0) is 47.9 Å². The van der Waals surface area contributed by atoms with E-state index in [4.69, 9.17) is 30.6 Å². The van der Waals surface area contributed by atoms with Crippen LogP contribution in [0.3, 0.4) is 0 Å². The molecule has 1 aliphatic heterocycles. The third-order valence-corrected chi connectivity index (χ3v) is 7.19. The van der Waals surface area contributed by atoms with E-state index in [1.54, 1.807) is 13.2 Å². The lowest BCUT2D eigenvalue weighted by Gasteiger charge is -2.26. The first-order valence-electron chi connectivity index (χ1n) is 13.6. The van der Waals surface area contributed by atoms with Crippen LogP contribution in [0.5, 0.6) is 11.5 Å². The van der Waals surface area contributed by atoms with E-state index in [1.165, 1.54) is 18.5 Å². The number of anilines is 2. The predicted octanol–water partition coefficient (Wildman–Crippen LogP) is 5.97. The van der Waals surface area contributed by atoms with E-state index in [1.807, 2.05) is 36.4 Å². The topological polar surface area (TPSA) is 90.0 Å². The number of benzene rings is 3. The molecule has 1 aliphatic rings. The van der Waals surface area contributed by atoms with Gasteiger partial charge in [0.15, 0.2) is 11.5 Å². The molecule has 0 radical (unpaired) electrons. The Labute approximate surface area is 249 Å². The number of methoxy groups -OCH3 is 1. The normalized spacial score (nSPS) is 13.6. The van der Waals surface area contributed by atoms with E-state index in [9.17, 15) is 4.39 Å². The maximum absolute atomic E-state index is 13.2. The summed E-state index contributed by atoms with van der Waals surface area (Å²) in [5.41, 5.74) is 6.43. The van der Waals surface area contributed by atoms with E-state index in [0.717, 1.165) is 61.4 Å². The second kappa shape index (κ2) is 14.3. The van der Waals surface area contributed by atoms with Crippen molar-refractivity contribution < 1.29 is 23.4 Å². The van der Waals surface area contributed by atoms with Gasteiger partial charge >= 0.3 is 0 Å². The molecule has 0 spiro atoms. The molecule has 5 rings (SSSR count). The van der Waals surface area contributed by atoms with Crippen molar-refractivity contribution in [1.82, 2.24) is 20.3 Å². The Hall–Kier alpha value is -3.96. The summed E-state index contributed by atoms with van der Waals surface area (Å²) < 4.78 is 30.4. The minimum Gasteiger partial charge on any atom is -0.493 e. The number of morpholine rings is 1. The van der Waals surface area contributed by atoms with Crippen LogP contribution >= 0.6 is 11.6 Å². The van der Waals surface area contributed by atoms with Gasteiger partial charge in [0.25, 0.3) is 0 Å². The zero-order chi connectivity index (χ0) is 29.3. The maximum Gasteiger partial charge on any atom is 0.162 e. The number of rotatable bonds is 13. The first-order valence-corrected chi connectivity index (χ1v) is 14.0. The molecule has 0 saturated carbocycles. The minimum absolute atomic E-state index is 0.156. The largest absolute Gasteiger partial charge is 0.493 e. The molecule has 9 nitrogen and oxygen atoms in total. The van der Waals surface area contributed by atoms with Crippen molar-refractivity contribution in [3.05, 3.63) is 89.5 Å². The van der Waals surface area contributed by atoms with Crippen LogP contribution in [-0.2, 0) is 16.2 Å². The van der Waals surface area contributed by atoms with Gasteiger partial charge in [-0.15, -0.1) is 0 Å². The van der Waals surface area contributed by atoms with Gasteiger partial charge in [-0.1, -0.05) is 36.4 Å². The molecular formula is C31H33ClFN5O4. The van der Waals surface area contributed by atoms with E-state index in [-0.39, 0.29) is 6.61 Å². The number of hydrogen-bond acceptors (Lipinski definition) is 9. The van der Waals surface area contributed by atoms with E-state index in [2.05, 4.69) is 32.2 Å². The summed E-state index contributed by atoms with van der Waals surface area (Å²) in [6, 6.07) is 15.6. The highest BCUT2D eigenvalue weighted by atomic mass is 35.5. The Morgan fingerprint density at radius 1 is 1.07 bits per heavy atom. The number of nitrogens with one attached hydrogen (secondary N) is 2. The van der Waals surface area contributed by atoms with Gasteiger partial charge in [0.05, 0.1) is 38.1 Å². The van der Waals surface area contributed by atoms with Crippen molar-refractivity contribution in [3.63, 3.8) is 0 Å². The van der Waals surface area contributed by atoms with E-state index in [0.29, 0.717) is 40.2 Å². The molecule has 2 heterocycles. The van der Waals surface area contributed by atoms with Gasteiger partial charge in [0, 0.05) is 41.8 Å². The minimum atomic E-state index is -0.395. The molecular weight excluding hydrogens is 561 g/mol. The summed E-state index contributed by atoms with van der Waals surface area (Å²) >= 11 is 6.06. The van der Waals surface area contributed by atoms with E-state index < -0.39 is 5.82 Å². The SMILES string of the molecule is C=C(NOCc1ccc(F)cc1Cl)c1ccc(Nc2ncnc3cc(OC)c(OCCCN4CCOCC4)cc23)cc1. The summed E-state index contributed by atoms with van der Waals surface area (Å²) in [4.78, 5) is 16.8. The van der Waals surface area contributed by atoms with Gasteiger partial charge in [-0.25, -0.2) is 14.4 Å². The number of hydrogen-bond donors (Lipinski definition) is 2. The van der Waals surface area contributed by atoms with Crippen LogP contribution in [0, 0.1) is 5.82 Å². The van der Waals surface area contributed by atoms with Crippen LogP contribution in [0.2, 0.25) is 5.02 Å². The van der Waals surface area contributed by atoms with Crippen molar-refractivity contribution in [2.24, 2.45) is 0 Å². The number of nitrogens with zero attached hydrogens (tertiary/aromatic N) is 3. The summed E-state index contributed by atoms with van der Waals surface area (Å²) in [6.45, 7) is 9.19. The zero-order valence-electron chi connectivity index (χ0n) is 23.4. The molecule has 0 unspecified atom stereocenters. The molecule has 4 aromatic rings. The Bertz CT molecular complexity index is 1520. The third kappa shape index (κ3) is 7.65. The molecule has 0 amide bonds. The third-order valence-electron chi connectivity index (χ3n) is 6.83. The first kappa shape index (κ1) is 29.5. The number of fused-ring (bicyclic) bond motifs is 1. The summed E-state index contributed by atoms with van der Waals surface area (Å²) in [7, 11) is 1.62. The van der Waals surface area contributed by atoms with Crippen LogP contribution in [0.4, 0.5) is 15.9 Å². The fraction of sp³-hybridized carbons (Fsp3) is 0.290. The van der Waals surface area contributed by atoms with Crippen molar-refractivity contribution in [1.29, 1.82) is 0 Å². The molecule has 0 bridgehead atoms. The van der Waals surface area contributed by atoms with Crippen molar-refractivity contribution in [2.75, 3.05) is 51.9 Å². The Kier molecular flexibility index (Phi) is 10.0. The molecule has 42 heavy (non-hydrogen) atoms. The van der Waals surface area contributed by atoms with Gasteiger partial charge in [-0.2, -0.15) is 0 Å². The lowest BCUT2D eigenvalue weighted by atomic mass is 10.1. The van der Waals surface area contributed by atoms with Crippen molar-refractivity contribution in [3.8, 4) is 11.5 Å². The molecule has 11 heteroatoms. The maximum atomic E-state index is 13.2. The van der Waals surface area contributed by atoms with Crippen molar-refractivity contribution in [2.45, 2.75) is 13.0 Å². The van der Waals surface area contributed by atoms with Crippen LogP contribution in [0.1, 0.15) is 17.5 Å². The molecule has 0 atom stereocenters. The highest BCUT2D eigenvalue weighted by molar-refractivity contribution is 6.31. The second-order valence-electron chi connectivity index (χ2n) is 9.71. The predicted molar refractivity (Wildman–Crippen MR) is 162 cm³/mol. The highest BCUT2D eigenvalue weighted by Gasteiger charge is 2.14. The molecule has 220 valence electrons. The van der Waals surface area contributed by atoms with Crippen LogP contribution in [0.15, 0.2) is 67.5 Å². The molecule has 2 N–H and O–H groups in total. The lowest BCUT2D eigenvalue weighted by molar-refractivity contribution is 0.0357. The van der Waals surface area contributed by atoms with Gasteiger partial charge < -0.3 is 19.5 Å². The van der Waals surface area contributed by atoms with Crippen LogP contribution < -0.4 is 20.3 Å². The van der Waals surface area contributed by atoms with Gasteiger partial charge in [0.1, 0.15) is 24.6 Å². The molecule has 3 aromatic carbocycles. The molecule has 1 fully saturated rings. The van der Waals surface area contributed by atoms with Crippen LogP contribution in [-0.4, -0.2) is 61.4 Å². The Balaban J connectivity index is 1.20. The zero-order valence-corrected chi connectivity index (χ0v) is 24.1. The van der Waals surface area contributed by atoms with Gasteiger partial charge in [0.2, 0.25) is 0 Å². The van der Waals surface area contributed by atoms with Crippen molar-refractivity contribution >= 4 is 39.7 Å². The Morgan fingerprint density at radius 2 is 1.88 bits per heavy atom. The number of aromatic nitrogens is 2. The molecule has 1 aromatic heterocycles. The number of hydroxylamine groups is 1. The van der Waals surface area contributed by atoms with Crippen LogP contribution in [0.25, 0.3) is 16.6 Å². The highest BCUT2D eigenvalue weighted by Crippen LogP contribution is 2.35. The molecule has 0 aliphatic carbocycles. The number of halogens is 2. The Morgan fingerprint density at radius 3 is 2.64 bits per heavy atom. The quantitative estimate of drug-likeness (QED) is 0.144. The monoisotopic (exact) mass is 593 g/mol. The first-order chi connectivity index (χ1) is 20.5. The second-order valence-corrected chi connectivity index (χ2v) is 10.1. The van der Waals surface area contributed by atoms with Gasteiger partial charge in [-0.3, -0.25) is 15.2 Å².